The van der Waals surface area contributed by atoms with Crippen LogP contribution in [0.4, 0.5) is 11.4 Å². The van der Waals surface area contributed by atoms with Crippen molar-refractivity contribution in [3.05, 3.63) is 69.6 Å². The summed E-state index contributed by atoms with van der Waals surface area (Å²) in [5, 5.41) is 42.1. The first-order chi connectivity index (χ1) is 10.9. The molecular formula is C15H15N3O5-2. The minimum absolute atomic E-state index is 0.0404. The predicted molar refractivity (Wildman–Crippen MR) is 84.1 cm³/mol. The van der Waals surface area contributed by atoms with E-state index >= 15 is 0 Å². The number of nitrogens with zero attached hydrogens (tertiary/aromatic N) is 2. The zero-order valence-corrected chi connectivity index (χ0v) is 12.3. The van der Waals surface area contributed by atoms with Crippen LogP contribution in [0.15, 0.2) is 42.5 Å². The molecule has 2 aromatic carbocycles. The molecule has 0 radical (unpaired) electrons. The number of benzene rings is 2. The zero-order valence-electron chi connectivity index (χ0n) is 12.3. The van der Waals surface area contributed by atoms with Gasteiger partial charge in [0, 0.05) is 17.8 Å². The Morgan fingerprint density at radius 3 is 2.30 bits per heavy atom. The minimum Gasteiger partial charge on any atom is -0.769 e. The second kappa shape index (κ2) is 7.07. The molecule has 23 heavy (non-hydrogen) atoms. The highest BCUT2D eigenvalue weighted by Crippen LogP contribution is 2.29. The summed E-state index contributed by atoms with van der Waals surface area (Å²) in [6, 6.07) is 11.4. The summed E-state index contributed by atoms with van der Waals surface area (Å²) in [6.07, 6.45) is 0. The van der Waals surface area contributed by atoms with Crippen LogP contribution in [0.1, 0.15) is 21.5 Å². The van der Waals surface area contributed by atoms with Gasteiger partial charge in [0.2, 0.25) is 0 Å². The minimum atomic E-state index is -0.684. The van der Waals surface area contributed by atoms with Gasteiger partial charge in [-0.3, -0.25) is 15.2 Å². The molecule has 0 unspecified atom stereocenters. The van der Waals surface area contributed by atoms with Crippen LogP contribution in [0, 0.1) is 17.3 Å². The number of carbonyl (C=O) groups excluding carboxylic acids is 1. The standard InChI is InChI=1S/C15H15N3O5/c1-10-13(17(20)21)7-12(8-14(10)18(22)23)15(19)16-9-11-5-3-2-4-6-11/h2-8,20-21H,9H2,1H3,(H,16,19)/q-2. The number of nitrogens with one attached hydrogen (secondary N) is 1. The van der Waals surface area contributed by atoms with Gasteiger partial charge < -0.3 is 21.0 Å². The topological polar surface area (TPSA) is 122 Å². The first-order valence-electron chi connectivity index (χ1n) is 6.69. The maximum absolute atomic E-state index is 12.2. The Morgan fingerprint density at radius 1 is 1.13 bits per heavy atom. The molecule has 0 atom stereocenters. The van der Waals surface area contributed by atoms with E-state index in [1.165, 1.54) is 13.0 Å². The summed E-state index contributed by atoms with van der Waals surface area (Å²) in [4.78, 5) is 12.2. The molecule has 8 heteroatoms. The van der Waals surface area contributed by atoms with Gasteiger partial charge in [-0.25, -0.2) is 0 Å². The number of rotatable bonds is 5. The molecule has 0 aliphatic carbocycles. The molecule has 122 valence electrons. The third-order valence-corrected chi connectivity index (χ3v) is 3.32. The fourth-order valence-corrected chi connectivity index (χ4v) is 2.09. The van der Waals surface area contributed by atoms with Crippen molar-refractivity contribution in [2.24, 2.45) is 0 Å². The lowest BCUT2D eigenvalue weighted by Gasteiger charge is -2.39. The summed E-state index contributed by atoms with van der Waals surface area (Å²) in [5.74, 6) is -0.556. The molecule has 0 saturated heterocycles. The molecule has 0 aliphatic heterocycles. The monoisotopic (exact) mass is 317 g/mol. The summed E-state index contributed by atoms with van der Waals surface area (Å²) in [6.45, 7) is 1.61. The van der Waals surface area contributed by atoms with Gasteiger partial charge >= 0.3 is 0 Å². The van der Waals surface area contributed by atoms with Crippen molar-refractivity contribution in [3.63, 3.8) is 0 Å². The van der Waals surface area contributed by atoms with Crippen molar-refractivity contribution in [2.75, 3.05) is 10.5 Å². The van der Waals surface area contributed by atoms with Crippen LogP contribution in [0.25, 0.3) is 0 Å². The number of hydrogen-bond acceptors (Lipinski definition) is 7. The quantitative estimate of drug-likeness (QED) is 0.723. The maximum atomic E-state index is 12.2. The molecular weight excluding hydrogens is 302 g/mol. The molecule has 0 fully saturated rings. The van der Waals surface area contributed by atoms with E-state index in [1.807, 2.05) is 30.3 Å². The van der Waals surface area contributed by atoms with Gasteiger partial charge in [-0.15, -0.1) is 5.23 Å². The third-order valence-electron chi connectivity index (χ3n) is 3.32. The van der Waals surface area contributed by atoms with Crippen molar-refractivity contribution in [1.29, 1.82) is 0 Å². The molecule has 0 aromatic heterocycles. The van der Waals surface area contributed by atoms with Crippen molar-refractivity contribution in [2.45, 2.75) is 13.5 Å². The average Bonchev–Trinajstić information content (AvgIpc) is 2.53. The molecule has 8 nitrogen and oxygen atoms in total. The lowest BCUT2D eigenvalue weighted by atomic mass is 10.1. The second-order valence-electron chi connectivity index (χ2n) is 4.85. The van der Waals surface area contributed by atoms with Crippen molar-refractivity contribution in [1.82, 2.24) is 5.32 Å². The van der Waals surface area contributed by atoms with E-state index in [9.17, 15) is 15.2 Å². The normalized spacial score (nSPS) is 10.3. The number of hydrogen-bond donors (Lipinski definition) is 3. The molecule has 0 heterocycles. The Bertz CT molecular complexity index is 660. The molecule has 2 aromatic rings. The lowest BCUT2D eigenvalue weighted by molar-refractivity contribution is 0.0288. The molecule has 0 aliphatic rings. The lowest BCUT2D eigenvalue weighted by Crippen LogP contribution is -2.24. The van der Waals surface area contributed by atoms with E-state index in [-0.39, 0.29) is 34.3 Å². The number of anilines is 2. The fraction of sp³-hybridized carbons (Fsp3) is 0.133. The smallest absolute Gasteiger partial charge is 0.251 e. The first-order valence-corrected chi connectivity index (χ1v) is 6.69. The maximum Gasteiger partial charge on any atom is 0.251 e. The largest absolute Gasteiger partial charge is 0.769 e. The van der Waals surface area contributed by atoms with E-state index < -0.39 is 11.1 Å². The Morgan fingerprint density at radius 2 is 1.74 bits per heavy atom. The van der Waals surface area contributed by atoms with E-state index in [4.69, 9.17) is 10.4 Å². The molecule has 2 rings (SSSR count). The van der Waals surface area contributed by atoms with Crippen LogP contribution in [-0.4, -0.2) is 16.3 Å². The predicted octanol–water partition coefficient (Wildman–Crippen LogP) is 2.31. The second-order valence-corrected chi connectivity index (χ2v) is 4.85. The van der Waals surface area contributed by atoms with Crippen molar-refractivity contribution >= 4 is 17.3 Å². The van der Waals surface area contributed by atoms with Crippen LogP contribution in [0.2, 0.25) is 0 Å². The van der Waals surface area contributed by atoms with Gasteiger partial charge in [-0.1, -0.05) is 30.3 Å². The number of carbonyl (C=O) groups is 1. The SMILES string of the molecule is Cc1c(N([O-])[O-])cc(C(=O)NCc2ccccc2)cc1N(O)O. The van der Waals surface area contributed by atoms with Gasteiger partial charge in [0.15, 0.2) is 0 Å². The van der Waals surface area contributed by atoms with Crippen molar-refractivity contribution < 1.29 is 15.2 Å². The molecule has 0 saturated carbocycles. The fourth-order valence-electron chi connectivity index (χ4n) is 2.09. The molecule has 0 bridgehead atoms. The highest BCUT2D eigenvalue weighted by molar-refractivity contribution is 5.97. The van der Waals surface area contributed by atoms with Crippen LogP contribution in [-0.2, 0) is 6.54 Å². The molecule has 3 N–H and O–H groups in total. The highest BCUT2D eigenvalue weighted by Gasteiger charge is 2.14. The number of amides is 1. The Kier molecular flexibility index (Phi) is 5.14. The Balaban J connectivity index is 2.25. The molecule has 1 amide bonds. The van der Waals surface area contributed by atoms with Crippen LogP contribution >= 0.6 is 0 Å². The van der Waals surface area contributed by atoms with Gasteiger partial charge in [-0.05, 0) is 30.2 Å². The zero-order chi connectivity index (χ0) is 17.0. The van der Waals surface area contributed by atoms with Crippen LogP contribution in [0.5, 0.6) is 0 Å². The summed E-state index contributed by atoms with van der Waals surface area (Å²) >= 11 is 0. The van der Waals surface area contributed by atoms with Crippen LogP contribution in [0.3, 0.4) is 0 Å². The van der Waals surface area contributed by atoms with E-state index in [0.29, 0.717) is 0 Å². The Labute approximate surface area is 132 Å². The molecule has 0 spiro atoms. The van der Waals surface area contributed by atoms with Crippen molar-refractivity contribution in [3.8, 4) is 0 Å². The Hall–Kier alpha value is -2.65. The summed E-state index contributed by atoms with van der Waals surface area (Å²) < 4.78 is 0. The average molecular weight is 317 g/mol. The van der Waals surface area contributed by atoms with Gasteiger partial charge in [-0.2, -0.15) is 0 Å². The van der Waals surface area contributed by atoms with Gasteiger partial charge in [0.05, 0.1) is 5.69 Å². The van der Waals surface area contributed by atoms with Gasteiger partial charge in [0.25, 0.3) is 5.91 Å². The van der Waals surface area contributed by atoms with E-state index in [1.54, 1.807) is 0 Å². The van der Waals surface area contributed by atoms with E-state index in [2.05, 4.69) is 5.32 Å². The van der Waals surface area contributed by atoms with E-state index in [0.717, 1.165) is 11.6 Å². The summed E-state index contributed by atoms with van der Waals surface area (Å²) in [7, 11) is 0. The highest BCUT2D eigenvalue weighted by atomic mass is 16.8. The summed E-state index contributed by atoms with van der Waals surface area (Å²) in [5.41, 5.74) is 0.263. The van der Waals surface area contributed by atoms with Crippen LogP contribution < -0.4 is 15.8 Å². The van der Waals surface area contributed by atoms with Gasteiger partial charge in [0.1, 0.15) is 0 Å². The first kappa shape index (κ1) is 16.7. The third kappa shape index (κ3) is 3.96.